The molecular weight excluding hydrogens is 264 g/mol. The summed E-state index contributed by atoms with van der Waals surface area (Å²) in [7, 11) is 3.87. The molecule has 0 radical (unpaired) electrons. The monoisotopic (exact) mass is 292 g/mol. The van der Waals surface area contributed by atoms with Gasteiger partial charge in [-0.05, 0) is 32.9 Å². The first-order chi connectivity index (χ1) is 10.1. The third-order valence-electron chi connectivity index (χ3n) is 4.63. The Morgan fingerprint density at radius 2 is 2.14 bits per heavy atom. The van der Waals surface area contributed by atoms with E-state index in [2.05, 4.69) is 37.9 Å². The van der Waals surface area contributed by atoms with Gasteiger partial charge in [0, 0.05) is 24.3 Å². The van der Waals surface area contributed by atoms with Crippen molar-refractivity contribution in [1.82, 2.24) is 4.90 Å². The topological polar surface area (TPSA) is 47.7 Å². The van der Waals surface area contributed by atoms with Gasteiger partial charge in [0.15, 0.2) is 0 Å². The average Bonchev–Trinajstić information content (AvgIpc) is 2.93. The summed E-state index contributed by atoms with van der Waals surface area (Å²) in [4.78, 5) is 2.38. The molecule has 4 heteroatoms. The molecule has 118 valence electrons. The van der Waals surface area contributed by atoms with Gasteiger partial charge in [-0.2, -0.15) is 0 Å². The first-order valence-corrected chi connectivity index (χ1v) is 7.82. The molecule has 0 aliphatic carbocycles. The maximum Gasteiger partial charge on any atom is 0.123 e. The maximum absolute atomic E-state index is 6.45. The number of likely N-dealkylation sites (N-methyl/N-ethyl adjacent to an activating group) is 1. The SMILES string of the molecule is CCC(N)C(c1ccccc1OC)N(C)C1CCOC1C. The van der Waals surface area contributed by atoms with Crippen LogP contribution >= 0.6 is 0 Å². The first kappa shape index (κ1) is 16.3. The van der Waals surface area contributed by atoms with E-state index in [1.54, 1.807) is 7.11 Å². The first-order valence-electron chi connectivity index (χ1n) is 7.82. The summed E-state index contributed by atoms with van der Waals surface area (Å²) in [6.45, 7) is 5.11. The van der Waals surface area contributed by atoms with E-state index in [1.807, 2.05) is 12.1 Å². The van der Waals surface area contributed by atoms with Crippen molar-refractivity contribution in [2.45, 2.75) is 50.9 Å². The molecule has 4 nitrogen and oxygen atoms in total. The number of methoxy groups -OCH3 is 1. The van der Waals surface area contributed by atoms with E-state index in [1.165, 1.54) is 0 Å². The highest BCUT2D eigenvalue weighted by Crippen LogP contribution is 2.35. The quantitative estimate of drug-likeness (QED) is 0.875. The Bertz CT molecular complexity index is 452. The molecule has 4 atom stereocenters. The maximum atomic E-state index is 6.45. The van der Waals surface area contributed by atoms with Gasteiger partial charge >= 0.3 is 0 Å². The second kappa shape index (κ2) is 7.25. The van der Waals surface area contributed by atoms with Gasteiger partial charge in [0.2, 0.25) is 0 Å². The molecule has 2 N–H and O–H groups in total. The highest BCUT2D eigenvalue weighted by atomic mass is 16.5. The van der Waals surface area contributed by atoms with Crippen LogP contribution in [0, 0.1) is 0 Å². The van der Waals surface area contributed by atoms with E-state index >= 15 is 0 Å². The third kappa shape index (κ3) is 3.39. The Morgan fingerprint density at radius 1 is 1.43 bits per heavy atom. The summed E-state index contributed by atoms with van der Waals surface area (Å²) in [6, 6.07) is 8.79. The standard InChI is InChI=1S/C17H28N2O2/c1-5-14(18)17(13-8-6-7-9-16(13)20-4)19(3)15-10-11-21-12(15)2/h6-9,12,14-15,17H,5,10-11,18H2,1-4H3. The zero-order valence-corrected chi connectivity index (χ0v) is 13.6. The van der Waals surface area contributed by atoms with Gasteiger partial charge in [-0.25, -0.2) is 0 Å². The van der Waals surface area contributed by atoms with Crippen LogP contribution in [0.1, 0.15) is 38.3 Å². The van der Waals surface area contributed by atoms with Gasteiger partial charge in [-0.3, -0.25) is 4.90 Å². The van der Waals surface area contributed by atoms with E-state index in [0.717, 1.165) is 30.8 Å². The summed E-state index contributed by atoms with van der Waals surface area (Å²) in [6.07, 6.45) is 2.23. The van der Waals surface area contributed by atoms with Crippen LogP contribution in [0.2, 0.25) is 0 Å². The van der Waals surface area contributed by atoms with Crippen molar-refractivity contribution in [2.24, 2.45) is 5.73 Å². The molecule has 1 aliphatic heterocycles. The van der Waals surface area contributed by atoms with Crippen molar-refractivity contribution in [3.05, 3.63) is 29.8 Å². The predicted molar refractivity (Wildman–Crippen MR) is 85.6 cm³/mol. The van der Waals surface area contributed by atoms with Crippen LogP contribution < -0.4 is 10.5 Å². The predicted octanol–water partition coefficient (Wildman–Crippen LogP) is 2.58. The van der Waals surface area contributed by atoms with Crippen molar-refractivity contribution in [3.8, 4) is 5.75 Å². The van der Waals surface area contributed by atoms with Gasteiger partial charge in [0.1, 0.15) is 5.75 Å². The van der Waals surface area contributed by atoms with Crippen LogP contribution in [0.5, 0.6) is 5.75 Å². The molecule has 0 saturated carbocycles. The molecule has 0 spiro atoms. The van der Waals surface area contributed by atoms with Crippen LogP contribution in [-0.2, 0) is 4.74 Å². The lowest BCUT2D eigenvalue weighted by Crippen LogP contribution is -2.46. The summed E-state index contributed by atoms with van der Waals surface area (Å²) in [5.74, 6) is 0.907. The molecule has 1 fully saturated rings. The summed E-state index contributed by atoms with van der Waals surface area (Å²) < 4.78 is 11.3. The molecule has 0 aromatic heterocycles. The van der Waals surface area contributed by atoms with Crippen LogP contribution in [0.25, 0.3) is 0 Å². The van der Waals surface area contributed by atoms with E-state index in [0.29, 0.717) is 6.04 Å². The van der Waals surface area contributed by atoms with Gasteiger partial charge in [-0.15, -0.1) is 0 Å². The Kier molecular flexibility index (Phi) is 5.62. The van der Waals surface area contributed by atoms with Crippen molar-refractivity contribution in [3.63, 3.8) is 0 Å². The number of rotatable bonds is 6. The highest BCUT2D eigenvalue weighted by Gasteiger charge is 2.35. The van der Waals surface area contributed by atoms with Crippen LogP contribution in [-0.4, -0.2) is 43.9 Å². The second-order valence-corrected chi connectivity index (χ2v) is 5.86. The summed E-state index contributed by atoms with van der Waals surface area (Å²) in [5.41, 5.74) is 7.61. The molecule has 0 bridgehead atoms. The number of nitrogens with zero attached hydrogens (tertiary/aromatic N) is 1. The number of hydrogen-bond donors (Lipinski definition) is 1. The molecule has 1 heterocycles. The number of ether oxygens (including phenoxy) is 2. The van der Waals surface area contributed by atoms with Crippen LogP contribution in [0.4, 0.5) is 0 Å². The van der Waals surface area contributed by atoms with Crippen molar-refractivity contribution in [1.29, 1.82) is 0 Å². The zero-order chi connectivity index (χ0) is 15.4. The molecule has 4 unspecified atom stereocenters. The summed E-state index contributed by atoms with van der Waals surface area (Å²) >= 11 is 0. The van der Waals surface area contributed by atoms with Crippen LogP contribution in [0.3, 0.4) is 0 Å². The van der Waals surface area contributed by atoms with E-state index in [4.69, 9.17) is 15.2 Å². The van der Waals surface area contributed by atoms with E-state index in [-0.39, 0.29) is 18.2 Å². The largest absolute Gasteiger partial charge is 0.496 e. The fourth-order valence-electron chi connectivity index (χ4n) is 3.35. The van der Waals surface area contributed by atoms with Crippen molar-refractivity contribution >= 4 is 0 Å². The lowest BCUT2D eigenvalue weighted by atomic mass is 9.93. The normalized spacial score (nSPS) is 25.0. The molecule has 1 saturated heterocycles. The fraction of sp³-hybridized carbons (Fsp3) is 0.647. The zero-order valence-electron chi connectivity index (χ0n) is 13.6. The molecule has 1 aliphatic rings. The van der Waals surface area contributed by atoms with E-state index < -0.39 is 0 Å². The van der Waals surface area contributed by atoms with Gasteiger partial charge in [0.05, 0.1) is 19.3 Å². The molecule has 1 aromatic carbocycles. The third-order valence-corrected chi connectivity index (χ3v) is 4.63. The lowest BCUT2D eigenvalue weighted by Gasteiger charge is -2.38. The number of para-hydroxylation sites is 1. The number of nitrogens with two attached hydrogens (primary N) is 1. The lowest BCUT2D eigenvalue weighted by molar-refractivity contribution is 0.0602. The minimum Gasteiger partial charge on any atom is -0.496 e. The molecular formula is C17H28N2O2. The second-order valence-electron chi connectivity index (χ2n) is 5.86. The Hall–Kier alpha value is -1.10. The summed E-state index contributed by atoms with van der Waals surface area (Å²) in [5, 5.41) is 0. The van der Waals surface area contributed by atoms with Gasteiger partial charge in [0.25, 0.3) is 0 Å². The Morgan fingerprint density at radius 3 is 2.71 bits per heavy atom. The smallest absolute Gasteiger partial charge is 0.123 e. The number of benzene rings is 1. The van der Waals surface area contributed by atoms with Gasteiger partial charge in [-0.1, -0.05) is 25.1 Å². The van der Waals surface area contributed by atoms with E-state index in [9.17, 15) is 0 Å². The Balaban J connectivity index is 2.34. The molecule has 21 heavy (non-hydrogen) atoms. The minimum atomic E-state index is 0.0686. The Labute approximate surface area is 128 Å². The molecule has 1 aromatic rings. The van der Waals surface area contributed by atoms with Gasteiger partial charge < -0.3 is 15.2 Å². The van der Waals surface area contributed by atoms with Crippen molar-refractivity contribution < 1.29 is 9.47 Å². The average molecular weight is 292 g/mol. The van der Waals surface area contributed by atoms with Crippen LogP contribution in [0.15, 0.2) is 24.3 Å². The fourth-order valence-corrected chi connectivity index (χ4v) is 3.35. The van der Waals surface area contributed by atoms with Crippen molar-refractivity contribution in [2.75, 3.05) is 20.8 Å². The molecule has 0 amide bonds. The number of hydrogen-bond acceptors (Lipinski definition) is 4. The molecule has 2 rings (SSSR count). The minimum absolute atomic E-state index is 0.0686. The highest BCUT2D eigenvalue weighted by molar-refractivity contribution is 5.37.